The van der Waals surface area contributed by atoms with Crippen LogP contribution in [0.1, 0.15) is 5.56 Å². The molecule has 0 radical (unpaired) electrons. The molecule has 0 bridgehead atoms. The van der Waals surface area contributed by atoms with E-state index in [1.165, 1.54) is 19.2 Å². The maximum Gasteiger partial charge on any atom is 0.124 e. The van der Waals surface area contributed by atoms with Crippen molar-refractivity contribution in [3.63, 3.8) is 0 Å². The summed E-state index contributed by atoms with van der Waals surface area (Å²) in [6.45, 7) is 0.316. The van der Waals surface area contributed by atoms with Gasteiger partial charge in [-0.25, -0.2) is 4.39 Å². The van der Waals surface area contributed by atoms with Crippen LogP contribution in [0.3, 0.4) is 0 Å². The van der Waals surface area contributed by atoms with Gasteiger partial charge in [-0.3, -0.25) is 0 Å². The number of hydrogen-bond donors (Lipinski definition) is 1. The summed E-state index contributed by atoms with van der Waals surface area (Å²) < 4.78 is 13.4. The van der Waals surface area contributed by atoms with Crippen LogP contribution in [0, 0.1) is 5.82 Å². The van der Waals surface area contributed by atoms with Gasteiger partial charge in [-0.05, 0) is 23.8 Å². The Morgan fingerprint density at radius 1 is 1.50 bits per heavy atom. The molecule has 0 aliphatic carbocycles. The van der Waals surface area contributed by atoms with Crippen molar-refractivity contribution in [2.45, 2.75) is 6.54 Å². The molecule has 66 valence electrons. The second-order valence-corrected chi connectivity index (χ2v) is 3.51. The first-order chi connectivity index (χ1) is 5.58. The first-order valence-corrected chi connectivity index (χ1v) is 4.22. The molecule has 1 aromatic rings. The molecule has 1 N–H and O–H groups in total. The molecule has 4 heteroatoms. The van der Waals surface area contributed by atoms with Crippen LogP contribution in [-0.4, -0.2) is 17.3 Å². The van der Waals surface area contributed by atoms with Crippen LogP contribution < -0.4 is 0 Å². The summed E-state index contributed by atoms with van der Waals surface area (Å²) in [5, 5.41) is 9.88. The van der Waals surface area contributed by atoms with Crippen molar-refractivity contribution in [1.29, 1.82) is 0 Å². The Bertz CT molecular complexity index is 258. The summed E-state index contributed by atoms with van der Waals surface area (Å²) in [6, 6.07) is 4.52. The van der Waals surface area contributed by atoms with Crippen LogP contribution in [0.4, 0.5) is 4.39 Å². The minimum absolute atomic E-state index is 0.304. The average Bonchev–Trinajstić information content (AvgIpc) is 1.81. The molecule has 0 fully saturated rings. The molecule has 0 saturated heterocycles. The molecular formula is C8H9BrFNO. The van der Waals surface area contributed by atoms with E-state index in [1.54, 1.807) is 6.07 Å². The molecule has 0 aliphatic heterocycles. The highest BCUT2D eigenvalue weighted by molar-refractivity contribution is 9.10. The SMILES string of the molecule is CN(O)Cc1cc(F)cc(Br)c1. The molecule has 0 saturated carbocycles. The lowest BCUT2D eigenvalue weighted by Crippen LogP contribution is -2.11. The van der Waals surface area contributed by atoms with Crippen LogP contribution in [0.5, 0.6) is 0 Å². The predicted octanol–water partition coefficient (Wildman–Crippen LogP) is 2.41. The van der Waals surface area contributed by atoms with Gasteiger partial charge >= 0.3 is 0 Å². The van der Waals surface area contributed by atoms with E-state index in [9.17, 15) is 4.39 Å². The summed E-state index contributed by atoms with van der Waals surface area (Å²) >= 11 is 3.16. The van der Waals surface area contributed by atoms with E-state index >= 15 is 0 Å². The molecule has 0 atom stereocenters. The lowest BCUT2D eigenvalue weighted by Gasteiger charge is -2.07. The van der Waals surface area contributed by atoms with E-state index in [0.29, 0.717) is 11.0 Å². The fourth-order valence-electron chi connectivity index (χ4n) is 0.966. The van der Waals surface area contributed by atoms with E-state index in [4.69, 9.17) is 5.21 Å². The third kappa shape index (κ3) is 2.89. The van der Waals surface area contributed by atoms with Gasteiger partial charge in [-0.15, -0.1) is 0 Å². The van der Waals surface area contributed by atoms with Crippen LogP contribution in [-0.2, 0) is 6.54 Å². The van der Waals surface area contributed by atoms with Crippen molar-refractivity contribution in [2.24, 2.45) is 0 Å². The average molecular weight is 234 g/mol. The first kappa shape index (κ1) is 9.64. The smallest absolute Gasteiger partial charge is 0.124 e. The number of hydroxylamine groups is 2. The molecule has 0 unspecified atom stereocenters. The van der Waals surface area contributed by atoms with Gasteiger partial charge < -0.3 is 5.21 Å². The molecule has 2 nitrogen and oxygen atoms in total. The van der Waals surface area contributed by atoms with E-state index in [1.807, 2.05) is 0 Å². The highest BCUT2D eigenvalue weighted by Gasteiger charge is 2.00. The molecule has 0 aromatic heterocycles. The second-order valence-electron chi connectivity index (χ2n) is 2.59. The zero-order valence-corrected chi connectivity index (χ0v) is 8.18. The Morgan fingerprint density at radius 2 is 2.17 bits per heavy atom. The van der Waals surface area contributed by atoms with Gasteiger partial charge in [0.05, 0.1) is 0 Å². The van der Waals surface area contributed by atoms with Crippen molar-refractivity contribution < 1.29 is 9.60 Å². The Balaban J connectivity index is 2.85. The van der Waals surface area contributed by atoms with E-state index in [2.05, 4.69) is 15.9 Å². The van der Waals surface area contributed by atoms with Crippen molar-refractivity contribution in [2.75, 3.05) is 7.05 Å². The monoisotopic (exact) mass is 233 g/mol. The summed E-state index contributed by atoms with van der Waals surface area (Å²) in [6.07, 6.45) is 0. The van der Waals surface area contributed by atoms with Gasteiger partial charge in [0.1, 0.15) is 5.82 Å². The number of nitrogens with zero attached hydrogens (tertiary/aromatic N) is 1. The molecule has 0 aliphatic rings. The van der Waals surface area contributed by atoms with Gasteiger partial charge in [0, 0.05) is 18.1 Å². The van der Waals surface area contributed by atoms with Crippen molar-refractivity contribution in [3.05, 3.63) is 34.1 Å². The predicted molar refractivity (Wildman–Crippen MR) is 47.4 cm³/mol. The molecule has 0 heterocycles. The zero-order chi connectivity index (χ0) is 9.14. The number of hydrogen-bond acceptors (Lipinski definition) is 2. The zero-order valence-electron chi connectivity index (χ0n) is 6.59. The maximum absolute atomic E-state index is 12.7. The van der Waals surface area contributed by atoms with Crippen LogP contribution in [0.2, 0.25) is 0 Å². The molecule has 12 heavy (non-hydrogen) atoms. The first-order valence-electron chi connectivity index (χ1n) is 3.43. The molecule has 0 amide bonds. The highest BCUT2D eigenvalue weighted by Crippen LogP contribution is 2.15. The summed E-state index contributed by atoms with van der Waals surface area (Å²) in [5.74, 6) is -0.304. The standard InChI is InChI=1S/C8H9BrFNO/c1-11(12)5-6-2-7(9)4-8(10)3-6/h2-4,12H,5H2,1H3. The van der Waals surface area contributed by atoms with Crippen LogP contribution in [0.15, 0.2) is 22.7 Å². The fraction of sp³-hybridized carbons (Fsp3) is 0.250. The van der Waals surface area contributed by atoms with Gasteiger partial charge in [-0.1, -0.05) is 15.9 Å². The molecule has 1 rings (SSSR count). The maximum atomic E-state index is 12.7. The highest BCUT2D eigenvalue weighted by atomic mass is 79.9. The second kappa shape index (κ2) is 3.98. The lowest BCUT2D eigenvalue weighted by molar-refractivity contribution is -0.0732. The summed E-state index contributed by atoms with van der Waals surface area (Å²) in [4.78, 5) is 0. The van der Waals surface area contributed by atoms with E-state index in [-0.39, 0.29) is 5.82 Å². The van der Waals surface area contributed by atoms with Crippen LogP contribution in [0.25, 0.3) is 0 Å². The van der Waals surface area contributed by atoms with Crippen LogP contribution >= 0.6 is 15.9 Å². The molecular weight excluding hydrogens is 225 g/mol. The van der Waals surface area contributed by atoms with Gasteiger partial charge in [0.15, 0.2) is 0 Å². The Hall–Kier alpha value is -0.450. The summed E-state index contributed by atoms with van der Waals surface area (Å²) in [5.41, 5.74) is 0.729. The number of benzene rings is 1. The largest absolute Gasteiger partial charge is 0.314 e. The minimum Gasteiger partial charge on any atom is -0.314 e. The van der Waals surface area contributed by atoms with Crippen molar-refractivity contribution in [1.82, 2.24) is 5.06 Å². The van der Waals surface area contributed by atoms with E-state index in [0.717, 1.165) is 10.6 Å². The normalized spacial score (nSPS) is 10.8. The number of rotatable bonds is 2. The van der Waals surface area contributed by atoms with Gasteiger partial charge in [-0.2, -0.15) is 5.06 Å². The molecule has 0 spiro atoms. The summed E-state index contributed by atoms with van der Waals surface area (Å²) in [7, 11) is 1.51. The van der Waals surface area contributed by atoms with Crippen molar-refractivity contribution >= 4 is 15.9 Å². The third-order valence-corrected chi connectivity index (χ3v) is 1.79. The quantitative estimate of drug-likeness (QED) is 0.794. The minimum atomic E-state index is -0.304. The third-order valence-electron chi connectivity index (χ3n) is 1.33. The molecule has 1 aromatic carbocycles. The van der Waals surface area contributed by atoms with Gasteiger partial charge in [0.2, 0.25) is 0 Å². The lowest BCUT2D eigenvalue weighted by atomic mass is 10.2. The Labute approximate surface area is 78.7 Å². The van der Waals surface area contributed by atoms with Crippen molar-refractivity contribution in [3.8, 4) is 0 Å². The topological polar surface area (TPSA) is 23.5 Å². The Morgan fingerprint density at radius 3 is 2.67 bits per heavy atom. The Kier molecular flexibility index (Phi) is 3.20. The fourth-order valence-corrected chi connectivity index (χ4v) is 1.48. The van der Waals surface area contributed by atoms with Gasteiger partial charge in [0.25, 0.3) is 0 Å². The number of halogens is 2. The van der Waals surface area contributed by atoms with E-state index < -0.39 is 0 Å².